The predicted octanol–water partition coefficient (Wildman–Crippen LogP) is 2.95. The Balaban J connectivity index is 1.92. The van der Waals surface area contributed by atoms with E-state index in [4.69, 9.17) is 0 Å². The summed E-state index contributed by atoms with van der Waals surface area (Å²) in [5.41, 5.74) is 0.489. The largest absolute Gasteiger partial charge is 0.389 e. The second-order valence-corrected chi connectivity index (χ2v) is 6.18. The Labute approximate surface area is 123 Å². The van der Waals surface area contributed by atoms with Gasteiger partial charge in [-0.25, -0.2) is 4.98 Å². The van der Waals surface area contributed by atoms with Gasteiger partial charge < -0.3 is 10.4 Å². The summed E-state index contributed by atoms with van der Waals surface area (Å²) in [6, 6.07) is 10.3. The van der Waals surface area contributed by atoms with Crippen molar-refractivity contribution in [2.75, 3.05) is 11.9 Å². The van der Waals surface area contributed by atoms with E-state index in [2.05, 4.69) is 27.4 Å². The van der Waals surface area contributed by atoms with Crippen LogP contribution in [0.4, 0.5) is 5.82 Å². The fraction of sp³-hybridized carbons (Fsp3) is 0.333. The molecule has 1 aromatic heterocycles. The summed E-state index contributed by atoms with van der Waals surface area (Å²) in [5.74, 6) is 1.55. The number of nitrogens with one attached hydrogen (secondary N) is 1. The Morgan fingerprint density at radius 1 is 1.20 bits per heavy atom. The minimum absolute atomic E-state index is 0.439. The SMILES string of the molecule is CC(C)(O)CNc1cncc(SCc2ccccc2)n1. The van der Waals surface area contributed by atoms with Gasteiger partial charge in [0, 0.05) is 12.3 Å². The first-order chi connectivity index (χ1) is 9.53. The van der Waals surface area contributed by atoms with Gasteiger partial charge in [-0.05, 0) is 19.4 Å². The number of rotatable bonds is 6. The van der Waals surface area contributed by atoms with Crippen LogP contribution in [0.3, 0.4) is 0 Å². The molecule has 5 heteroatoms. The number of hydrogen-bond donors (Lipinski definition) is 2. The van der Waals surface area contributed by atoms with E-state index in [1.165, 1.54) is 5.56 Å². The summed E-state index contributed by atoms with van der Waals surface area (Å²) in [7, 11) is 0. The van der Waals surface area contributed by atoms with Crippen molar-refractivity contribution in [1.29, 1.82) is 0 Å². The highest BCUT2D eigenvalue weighted by molar-refractivity contribution is 7.98. The molecule has 0 aliphatic rings. The van der Waals surface area contributed by atoms with Crippen molar-refractivity contribution < 1.29 is 5.11 Å². The molecule has 20 heavy (non-hydrogen) atoms. The normalized spacial score (nSPS) is 11.3. The molecule has 106 valence electrons. The summed E-state index contributed by atoms with van der Waals surface area (Å²) in [4.78, 5) is 8.64. The van der Waals surface area contributed by atoms with E-state index in [0.717, 1.165) is 10.8 Å². The average Bonchev–Trinajstić information content (AvgIpc) is 2.44. The van der Waals surface area contributed by atoms with Crippen molar-refractivity contribution in [3.63, 3.8) is 0 Å². The number of thioether (sulfide) groups is 1. The van der Waals surface area contributed by atoms with Crippen LogP contribution < -0.4 is 5.32 Å². The molecule has 0 amide bonds. The van der Waals surface area contributed by atoms with Crippen molar-refractivity contribution in [3.8, 4) is 0 Å². The lowest BCUT2D eigenvalue weighted by molar-refractivity contribution is 0.0944. The summed E-state index contributed by atoms with van der Waals surface area (Å²) < 4.78 is 0. The second kappa shape index (κ2) is 6.72. The Bertz CT molecular complexity index is 540. The van der Waals surface area contributed by atoms with Gasteiger partial charge in [-0.15, -0.1) is 11.8 Å². The maximum absolute atomic E-state index is 9.68. The smallest absolute Gasteiger partial charge is 0.145 e. The van der Waals surface area contributed by atoms with Crippen LogP contribution in [0, 0.1) is 0 Å². The van der Waals surface area contributed by atoms with Crippen molar-refractivity contribution in [3.05, 3.63) is 48.3 Å². The van der Waals surface area contributed by atoms with Crippen molar-refractivity contribution in [2.45, 2.75) is 30.2 Å². The van der Waals surface area contributed by atoms with Gasteiger partial charge in [0.2, 0.25) is 0 Å². The number of anilines is 1. The third-order valence-corrected chi connectivity index (χ3v) is 3.51. The Kier molecular flexibility index (Phi) is 4.98. The third-order valence-electron chi connectivity index (χ3n) is 2.54. The van der Waals surface area contributed by atoms with E-state index < -0.39 is 5.60 Å². The van der Waals surface area contributed by atoms with Gasteiger partial charge >= 0.3 is 0 Å². The molecule has 4 nitrogen and oxygen atoms in total. The first kappa shape index (κ1) is 14.8. The third kappa shape index (κ3) is 5.19. The molecule has 0 aliphatic heterocycles. The van der Waals surface area contributed by atoms with Crippen LogP contribution in [0.5, 0.6) is 0 Å². The zero-order valence-electron chi connectivity index (χ0n) is 11.7. The van der Waals surface area contributed by atoms with Crippen LogP contribution in [-0.2, 0) is 5.75 Å². The molecule has 0 unspecified atom stereocenters. The lowest BCUT2D eigenvalue weighted by atomic mass is 10.1. The second-order valence-electron chi connectivity index (χ2n) is 5.18. The van der Waals surface area contributed by atoms with Crippen molar-refractivity contribution in [1.82, 2.24) is 9.97 Å². The molecule has 2 N–H and O–H groups in total. The van der Waals surface area contributed by atoms with Crippen LogP contribution in [0.15, 0.2) is 47.8 Å². The molecular formula is C15H19N3OS. The van der Waals surface area contributed by atoms with Gasteiger partial charge in [0.1, 0.15) is 10.8 Å². The van der Waals surface area contributed by atoms with Gasteiger partial charge in [0.15, 0.2) is 0 Å². The molecule has 2 aromatic rings. The van der Waals surface area contributed by atoms with Gasteiger partial charge in [-0.2, -0.15) is 0 Å². The number of nitrogens with zero attached hydrogens (tertiary/aromatic N) is 2. The minimum atomic E-state index is -0.769. The molecule has 0 atom stereocenters. The zero-order valence-corrected chi connectivity index (χ0v) is 12.5. The molecule has 0 aliphatic carbocycles. The maximum Gasteiger partial charge on any atom is 0.145 e. The van der Waals surface area contributed by atoms with Crippen LogP contribution >= 0.6 is 11.8 Å². The molecule has 0 fully saturated rings. The van der Waals surface area contributed by atoms with Crippen molar-refractivity contribution >= 4 is 17.6 Å². The summed E-state index contributed by atoms with van der Waals surface area (Å²) in [6.07, 6.45) is 3.42. The quantitative estimate of drug-likeness (QED) is 0.801. The van der Waals surface area contributed by atoms with E-state index >= 15 is 0 Å². The zero-order chi connectivity index (χ0) is 14.4. The molecule has 0 saturated carbocycles. The van der Waals surface area contributed by atoms with Crippen molar-refractivity contribution in [2.24, 2.45) is 0 Å². The van der Waals surface area contributed by atoms with Crippen LogP contribution in [0.25, 0.3) is 0 Å². The first-order valence-corrected chi connectivity index (χ1v) is 7.46. The average molecular weight is 289 g/mol. The summed E-state index contributed by atoms with van der Waals surface area (Å²) in [6.45, 7) is 3.94. The van der Waals surface area contributed by atoms with E-state index in [1.54, 1.807) is 38.0 Å². The first-order valence-electron chi connectivity index (χ1n) is 6.48. The van der Waals surface area contributed by atoms with Crippen LogP contribution in [-0.4, -0.2) is 27.2 Å². The number of hydrogen-bond acceptors (Lipinski definition) is 5. The molecule has 1 heterocycles. The van der Waals surface area contributed by atoms with E-state index in [1.807, 2.05) is 18.2 Å². The molecule has 0 radical (unpaired) electrons. The molecular weight excluding hydrogens is 270 g/mol. The lowest BCUT2D eigenvalue weighted by Crippen LogP contribution is -2.29. The molecule has 0 spiro atoms. The minimum Gasteiger partial charge on any atom is -0.389 e. The van der Waals surface area contributed by atoms with Gasteiger partial charge in [-0.3, -0.25) is 4.98 Å². The van der Waals surface area contributed by atoms with E-state index in [-0.39, 0.29) is 0 Å². The Hall–Kier alpha value is -1.59. The Morgan fingerprint density at radius 3 is 2.65 bits per heavy atom. The molecule has 1 aromatic carbocycles. The number of benzene rings is 1. The molecule has 0 saturated heterocycles. The van der Waals surface area contributed by atoms with Gasteiger partial charge in [0.05, 0.1) is 18.0 Å². The molecule has 0 bridgehead atoms. The molecule has 2 rings (SSSR count). The van der Waals surface area contributed by atoms with Crippen LogP contribution in [0.1, 0.15) is 19.4 Å². The van der Waals surface area contributed by atoms with Gasteiger partial charge in [0.25, 0.3) is 0 Å². The standard InChI is InChI=1S/C15H19N3OS/c1-15(2,19)11-17-13-8-16-9-14(18-13)20-10-12-6-4-3-5-7-12/h3-9,19H,10-11H2,1-2H3,(H,17,18). The topological polar surface area (TPSA) is 58.0 Å². The van der Waals surface area contributed by atoms with E-state index in [0.29, 0.717) is 12.4 Å². The lowest BCUT2D eigenvalue weighted by Gasteiger charge is -2.17. The van der Waals surface area contributed by atoms with E-state index in [9.17, 15) is 5.11 Å². The number of aromatic nitrogens is 2. The monoisotopic (exact) mass is 289 g/mol. The maximum atomic E-state index is 9.68. The predicted molar refractivity (Wildman–Crippen MR) is 82.8 cm³/mol. The van der Waals surface area contributed by atoms with Gasteiger partial charge in [-0.1, -0.05) is 30.3 Å². The highest BCUT2D eigenvalue weighted by Crippen LogP contribution is 2.21. The highest BCUT2D eigenvalue weighted by Gasteiger charge is 2.12. The van der Waals surface area contributed by atoms with Crippen LogP contribution in [0.2, 0.25) is 0 Å². The summed E-state index contributed by atoms with van der Waals surface area (Å²) >= 11 is 1.64. The fourth-order valence-corrected chi connectivity index (χ4v) is 2.35. The fourth-order valence-electron chi connectivity index (χ4n) is 1.54. The highest BCUT2D eigenvalue weighted by atomic mass is 32.2. The Morgan fingerprint density at radius 2 is 1.95 bits per heavy atom. The summed E-state index contributed by atoms with van der Waals surface area (Å²) in [5, 5.41) is 13.6. The number of aliphatic hydroxyl groups is 1.